The van der Waals surface area contributed by atoms with Crippen LogP contribution in [0, 0.1) is 0 Å². The van der Waals surface area contributed by atoms with Crippen molar-refractivity contribution in [3.63, 3.8) is 0 Å². The van der Waals surface area contributed by atoms with Gasteiger partial charge in [0.1, 0.15) is 5.82 Å². The van der Waals surface area contributed by atoms with Crippen LogP contribution in [0.3, 0.4) is 0 Å². The maximum Gasteiger partial charge on any atom is 0.129 e. The molecule has 0 aliphatic heterocycles. The number of pyridine rings is 1. The minimum Gasteiger partial charge on any atom is -0.383 e. The van der Waals surface area contributed by atoms with E-state index in [2.05, 4.69) is 48.1 Å². The molecule has 0 saturated carbocycles. The van der Waals surface area contributed by atoms with Gasteiger partial charge in [-0.3, -0.25) is 0 Å². The first-order chi connectivity index (χ1) is 10.3. The fraction of sp³-hybridized carbons (Fsp3) is 0.706. The van der Waals surface area contributed by atoms with Crippen molar-refractivity contribution in [1.82, 2.24) is 10.3 Å². The molecule has 0 atom stereocenters. The summed E-state index contributed by atoms with van der Waals surface area (Å²) in [5.74, 6) is 1.07. The number of nitrogens with zero attached hydrogens (tertiary/aromatic N) is 2. The lowest BCUT2D eigenvalue weighted by Crippen LogP contribution is -2.37. The molecule has 4 heteroatoms. The summed E-state index contributed by atoms with van der Waals surface area (Å²) in [7, 11) is 1.75. The number of nitrogens with one attached hydrogen (secondary N) is 1. The lowest BCUT2D eigenvalue weighted by atomic mass is 10.1. The zero-order chi connectivity index (χ0) is 15.5. The first-order valence-electron chi connectivity index (χ1n) is 8.17. The molecular weight excluding hydrogens is 262 g/mol. The maximum absolute atomic E-state index is 5.26. The highest BCUT2D eigenvalue weighted by Gasteiger charge is 2.16. The molecule has 1 aromatic heterocycles. The Hall–Kier alpha value is -1.13. The Labute approximate surface area is 129 Å². The molecule has 4 nitrogen and oxygen atoms in total. The van der Waals surface area contributed by atoms with Crippen LogP contribution in [0.15, 0.2) is 18.3 Å². The number of hydrogen-bond acceptors (Lipinski definition) is 4. The normalized spacial score (nSPS) is 11.1. The van der Waals surface area contributed by atoms with Crippen LogP contribution in [0.25, 0.3) is 0 Å². The van der Waals surface area contributed by atoms with Crippen LogP contribution >= 0.6 is 0 Å². The second-order valence-electron chi connectivity index (χ2n) is 5.36. The Balaban J connectivity index is 2.82. The van der Waals surface area contributed by atoms with Gasteiger partial charge in [-0.1, -0.05) is 20.8 Å². The molecule has 0 radical (unpaired) electrons. The molecule has 0 fully saturated rings. The maximum atomic E-state index is 5.26. The van der Waals surface area contributed by atoms with E-state index in [1.165, 1.54) is 5.56 Å². The third kappa shape index (κ3) is 6.02. The summed E-state index contributed by atoms with van der Waals surface area (Å²) in [4.78, 5) is 6.96. The summed E-state index contributed by atoms with van der Waals surface area (Å²) in [5, 5.41) is 3.45. The van der Waals surface area contributed by atoms with Crippen molar-refractivity contribution in [1.29, 1.82) is 0 Å². The van der Waals surface area contributed by atoms with Crippen LogP contribution in [0.4, 0.5) is 5.82 Å². The number of rotatable bonds is 11. The average molecular weight is 293 g/mol. The van der Waals surface area contributed by atoms with Gasteiger partial charge >= 0.3 is 0 Å². The van der Waals surface area contributed by atoms with Crippen molar-refractivity contribution < 1.29 is 4.74 Å². The van der Waals surface area contributed by atoms with E-state index in [-0.39, 0.29) is 0 Å². The third-order valence-electron chi connectivity index (χ3n) is 3.78. The molecule has 0 saturated heterocycles. The fourth-order valence-electron chi connectivity index (χ4n) is 2.54. The molecule has 1 N–H and O–H groups in total. The first kappa shape index (κ1) is 17.9. The van der Waals surface area contributed by atoms with Crippen molar-refractivity contribution in [2.75, 3.05) is 31.7 Å². The highest BCUT2D eigenvalue weighted by molar-refractivity contribution is 5.42. The topological polar surface area (TPSA) is 37.4 Å². The average Bonchev–Trinajstić information content (AvgIpc) is 2.52. The minimum atomic E-state index is 0.520. The van der Waals surface area contributed by atoms with Gasteiger partial charge in [0.05, 0.1) is 6.61 Å². The number of methoxy groups -OCH3 is 1. The molecule has 0 spiro atoms. The van der Waals surface area contributed by atoms with Crippen LogP contribution in [0.5, 0.6) is 0 Å². The molecule has 0 amide bonds. The van der Waals surface area contributed by atoms with Crippen molar-refractivity contribution in [3.05, 3.63) is 23.9 Å². The van der Waals surface area contributed by atoms with Crippen molar-refractivity contribution in [3.8, 4) is 0 Å². The molecule has 21 heavy (non-hydrogen) atoms. The van der Waals surface area contributed by atoms with Crippen LogP contribution < -0.4 is 10.2 Å². The van der Waals surface area contributed by atoms with E-state index in [0.29, 0.717) is 6.04 Å². The van der Waals surface area contributed by atoms with Gasteiger partial charge in [-0.2, -0.15) is 0 Å². The van der Waals surface area contributed by atoms with Gasteiger partial charge in [-0.05, 0) is 43.5 Å². The van der Waals surface area contributed by atoms with Gasteiger partial charge in [0.2, 0.25) is 0 Å². The standard InChI is InChI=1S/C17H31N3O/c1-5-9-18-14-15-8-10-19-17(13-15)20(11-12-21-4)16(6-2)7-3/h8,10,13,16,18H,5-7,9,11-12,14H2,1-4H3. The first-order valence-corrected chi connectivity index (χ1v) is 8.17. The number of anilines is 1. The number of hydrogen-bond donors (Lipinski definition) is 1. The van der Waals surface area contributed by atoms with Gasteiger partial charge in [0.15, 0.2) is 0 Å². The Bertz CT molecular complexity index is 380. The highest BCUT2D eigenvalue weighted by atomic mass is 16.5. The smallest absolute Gasteiger partial charge is 0.129 e. The van der Waals surface area contributed by atoms with Crippen LogP contribution in [-0.2, 0) is 11.3 Å². The third-order valence-corrected chi connectivity index (χ3v) is 3.78. The predicted octanol–water partition coefficient (Wildman–Crippen LogP) is 3.22. The van der Waals surface area contributed by atoms with Gasteiger partial charge in [-0.25, -0.2) is 4.98 Å². The molecular formula is C17H31N3O. The molecule has 0 bridgehead atoms. The largest absolute Gasteiger partial charge is 0.383 e. The summed E-state index contributed by atoms with van der Waals surface area (Å²) < 4.78 is 5.26. The monoisotopic (exact) mass is 293 g/mol. The lowest BCUT2D eigenvalue weighted by molar-refractivity contribution is 0.202. The Morgan fingerprint density at radius 3 is 2.67 bits per heavy atom. The predicted molar refractivity (Wildman–Crippen MR) is 89.8 cm³/mol. The molecule has 0 aromatic carbocycles. The van der Waals surface area contributed by atoms with E-state index in [1.807, 2.05) is 6.20 Å². The van der Waals surface area contributed by atoms with Gasteiger partial charge < -0.3 is 15.0 Å². The molecule has 0 aliphatic carbocycles. The van der Waals surface area contributed by atoms with E-state index in [1.54, 1.807) is 7.11 Å². The summed E-state index contributed by atoms with van der Waals surface area (Å²) in [6.07, 6.45) is 5.33. The molecule has 0 aliphatic rings. The minimum absolute atomic E-state index is 0.520. The number of aromatic nitrogens is 1. The SMILES string of the molecule is CCCNCc1ccnc(N(CCOC)C(CC)CC)c1. The second-order valence-corrected chi connectivity index (χ2v) is 5.36. The summed E-state index contributed by atoms with van der Waals surface area (Å²) in [6, 6.07) is 4.82. The van der Waals surface area contributed by atoms with Crippen molar-refractivity contribution >= 4 is 5.82 Å². The molecule has 1 rings (SSSR count). The Morgan fingerprint density at radius 1 is 1.29 bits per heavy atom. The molecule has 1 aromatic rings. The zero-order valence-corrected chi connectivity index (χ0v) is 14.1. The van der Waals surface area contributed by atoms with Gasteiger partial charge in [0, 0.05) is 32.4 Å². The lowest BCUT2D eigenvalue weighted by Gasteiger charge is -2.31. The summed E-state index contributed by atoms with van der Waals surface area (Å²) in [5.41, 5.74) is 1.29. The Kier molecular flexibility index (Phi) is 9.02. The highest BCUT2D eigenvalue weighted by Crippen LogP contribution is 2.19. The summed E-state index contributed by atoms with van der Waals surface area (Å²) in [6.45, 7) is 10.2. The zero-order valence-electron chi connectivity index (χ0n) is 14.1. The molecule has 120 valence electrons. The van der Waals surface area contributed by atoms with Gasteiger partial charge in [0.25, 0.3) is 0 Å². The summed E-state index contributed by atoms with van der Waals surface area (Å²) >= 11 is 0. The van der Waals surface area contributed by atoms with E-state index >= 15 is 0 Å². The van der Waals surface area contributed by atoms with E-state index < -0.39 is 0 Å². The Morgan fingerprint density at radius 2 is 2.05 bits per heavy atom. The van der Waals surface area contributed by atoms with Crippen molar-refractivity contribution in [2.45, 2.75) is 52.6 Å². The van der Waals surface area contributed by atoms with Crippen LogP contribution in [0.2, 0.25) is 0 Å². The molecule has 1 heterocycles. The quantitative estimate of drug-likeness (QED) is 0.636. The van der Waals surface area contributed by atoms with Crippen LogP contribution in [-0.4, -0.2) is 37.8 Å². The fourth-order valence-corrected chi connectivity index (χ4v) is 2.54. The second kappa shape index (κ2) is 10.6. The van der Waals surface area contributed by atoms with Crippen LogP contribution in [0.1, 0.15) is 45.6 Å². The van der Waals surface area contributed by atoms with Gasteiger partial charge in [-0.15, -0.1) is 0 Å². The van der Waals surface area contributed by atoms with E-state index in [0.717, 1.165) is 51.3 Å². The van der Waals surface area contributed by atoms with Crippen molar-refractivity contribution in [2.24, 2.45) is 0 Å². The van der Waals surface area contributed by atoms with E-state index in [9.17, 15) is 0 Å². The van der Waals surface area contributed by atoms with E-state index in [4.69, 9.17) is 4.74 Å². The molecule has 0 unspecified atom stereocenters. The number of ether oxygens (including phenoxy) is 1.